The number of hydrogen-bond donors (Lipinski definition) is 1. The van der Waals surface area contributed by atoms with Crippen molar-refractivity contribution >= 4 is 23.3 Å². The molecule has 1 aliphatic rings. The Bertz CT molecular complexity index is 665. The van der Waals surface area contributed by atoms with Crippen LogP contribution in [0.5, 0.6) is 0 Å². The molecule has 0 unspecified atom stereocenters. The lowest BCUT2D eigenvalue weighted by molar-refractivity contribution is -0.118. The molecular weight excluding hydrogens is 304 g/mol. The number of benzene rings is 1. The number of rotatable bonds is 5. The summed E-state index contributed by atoms with van der Waals surface area (Å²) in [4.78, 5) is 27.7. The highest BCUT2D eigenvalue weighted by atomic mass is 16.2. The maximum absolute atomic E-state index is 12.4. The molecule has 1 aromatic carbocycles. The average Bonchev–Trinajstić information content (AvgIpc) is 2.59. The highest BCUT2D eigenvalue weighted by molar-refractivity contribution is 5.97. The van der Waals surface area contributed by atoms with Crippen LogP contribution >= 0.6 is 0 Å². The van der Waals surface area contributed by atoms with E-state index in [2.05, 4.69) is 11.4 Å². The Morgan fingerprint density at radius 2 is 2.17 bits per heavy atom. The van der Waals surface area contributed by atoms with E-state index >= 15 is 0 Å². The molecule has 24 heavy (non-hydrogen) atoms. The normalized spacial score (nSPS) is 14.6. The van der Waals surface area contributed by atoms with Crippen molar-refractivity contribution in [2.24, 2.45) is 5.92 Å². The van der Waals surface area contributed by atoms with Crippen molar-refractivity contribution in [2.75, 3.05) is 29.9 Å². The van der Waals surface area contributed by atoms with Crippen LogP contribution in [0, 0.1) is 17.2 Å². The Balaban J connectivity index is 2.12. The molecule has 0 fully saturated rings. The molecule has 1 heterocycles. The minimum absolute atomic E-state index is 0.143. The van der Waals surface area contributed by atoms with Crippen LogP contribution in [-0.2, 0) is 11.2 Å². The first kappa shape index (κ1) is 17.8. The van der Waals surface area contributed by atoms with E-state index in [0.717, 1.165) is 11.3 Å². The summed E-state index contributed by atoms with van der Waals surface area (Å²) in [5, 5.41) is 11.8. The van der Waals surface area contributed by atoms with E-state index in [-0.39, 0.29) is 17.9 Å². The van der Waals surface area contributed by atoms with Gasteiger partial charge in [0.1, 0.15) is 0 Å². The first-order valence-electron chi connectivity index (χ1n) is 8.38. The Hall–Kier alpha value is -2.55. The van der Waals surface area contributed by atoms with Gasteiger partial charge in [-0.2, -0.15) is 5.26 Å². The average molecular weight is 328 g/mol. The minimum atomic E-state index is -0.209. The van der Waals surface area contributed by atoms with Crippen molar-refractivity contribution in [3.05, 3.63) is 23.8 Å². The van der Waals surface area contributed by atoms with E-state index in [1.807, 2.05) is 32.0 Å². The van der Waals surface area contributed by atoms with Gasteiger partial charge in [-0.05, 0) is 51.0 Å². The fraction of sp³-hybridized carbons (Fsp3) is 0.500. The second kappa shape index (κ2) is 7.82. The molecule has 128 valence electrons. The summed E-state index contributed by atoms with van der Waals surface area (Å²) in [7, 11) is 0. The molecule has 0 saturated carbocycles. The van der Waals surface area contributed by atoms with Crippen molar-refractivity contribution in [2.45, 2.75) is 33.6 Å². The van der Waals surface area contributed by atoms with Crippen LogP contribution in [0.25, 0.3) is 0 Å². The van der Waals surface area contributed by atoms with E-state index in [0.29, 0.717) is 38.2 Å². The quantitative estimate of drug-likeness (QED) is 0.902. The third-order valence-corrected chi connectivity index (χ3v) is 4.23. The third-order valence-electron chi connectivity index (χ3n) is 4.23. The van der Waals surface area contributed by atoms with Crippen molar-refractivity contribution in [1.29, 1.82) is 5.26 Å². The molecule has 3 amide bonds. The molecule has 1 aromatic rings. The summed E-state index contributed by atoms with van der Waals surface area (Å²) in [5.41, 5.74) is 2.71. The summed E-state index contributed by atoms with van der Waals surface area (Å²) in [6.45, 7) is 7.24. The number of nitriles is 1. The molecule has 0 bridgehead atoms. The zero-order valence-electron chi connectivity index (χ0n) is 14.5. The molecule has 6 nitrogen and oxygen atoms in total. The molecule has 0 saturated heterocycles. The number of aryl methyl sites for hydroxylation is 1. The van der Waals surface area contributed by atoms with Crippen LogP contribution in [-0.4, -0.2) is 36.5 Å². The highest BCUT2D eigenvalue weighted by Gasteiger charge is 2.23. The highest BCUT2D eigenvalue weighted by Crippen LogP contribution is 2.30. The number of nitrogens with zero attached hydrogens (tertiary/aromatic N) is 3. The number of amides is 3. The number of carbonyl (C=O) groups excluding carboxylic acids is 2. The zero-order valence-corrected chi connectivity index (χ0v) is 14.5. The molecule has 0 radical (unpaired) electrons. The lowest BCUT2D eigenvalue weighted by Gasteiger charge is -2.29. The van der Waals surface area contributed by atoms with E-state index in [1.54, 1.807) is 16.7 Å². The number of anilines is 2. The predicted octanol–water partition coefficient (Wildman–Crippen LogP) is 3.00. The molecule has 2 rings (SSSR count). The van der Waals surface area contributed by atoms with Gasteiger partial charge < -0.3 is 15.1 Å². The van der Waals surface area contributed by atoms with E-state index in [4.69, 9.17) is 5.26 Å². The summed E-state index contributed by atoms with van der Waals surface area (Å²) < 4.78 is 0. The molecule has 1 N–H and O–H groups in total. The lowest BCUT2D eigenvalue weighted by Crippen LogP contribution is -2.38. The van der Waals surface area contributed by atoms with Crippen molar-refractivity contribution in [3.8, 4) is 6.07 Å². The predicted molar refractivity (Wildman–Crippen MR) is 93.8 cm³/mol. The fourth-order valence-electron chi connectivity index (χ4n) is 2.91. The third kappa shape index (κ3) is 3.85. The minimum Gasteiger partial charge on any atom is -0.324 e. The summed E-state index contributed by atoms with van der Waals surface area (Å²) in [6, 6.07) is 7.58. The van der Waals surface area contributed by atoms with Crippen LogP contribution < -0.4 is 10.2 Å². The van der Waals surface area contributed by atoms with Gasteiger partial charge in [0.2, 0.25) is 5.91 Å². The molecule has 1 atom stereocenters. The van der Waals surface area contributed by atoms with Gasteiger partial charge >= 0.3 is 6.03 Å². The topological polar surface area (TPSA) is 76.4 Å². The molecular formula is C18H24N4O2. The van der Waals surface area contributed by atoms with Crippen LogP contribution in [0.4, 0.5) is 16.2 Å². The summed E-state index contributed by atoms with van der Waals surface area (Å²) >= 11 is 0. The number of nitrogens with one attached hydrogen (secondary N) is 1. The van der Waals surface area contributed by atoms with Gasteiger partial charge in [-0.3, -0.25) is 4.79 Å². The Morgan fingerprint density at radius 3 is 2.79 bits per heavy atom. The first-order chi connectivity index (χ1) is 11.5. The molecule has 6 heteroatoms. The first-order valence-corrected chi connectivity index (χ1v) is 8.38. The van der Waals surface area contributed by atoms with Crippen molar-refractivity contribution in [1.82, 2.24) is 4.90 Å². The Labute approximate surface area is 143 Å². The van der Waals surface area contributed by atoms with Gasteiger partial charge in [0, 0.05) is 37.4 Å². The zero-order chi connectivity index (χ0) is 17.7. The largest absolute Gasteiger partial charge is 0.324 e. The molecule has 0 aromatic heterocycles. The molecule has 1 aliphatic heterocycles. The Morgan fingerprint density at radius 1 is 1.42 bits per heavy atom. The lowest BCUT2D eigenvalue weighted by atomic mass is 10.0. The van der Waals surface area contributed by atoms with Crippen molar-refractivity contribution in [3.63, 3.8) is 0 Å². The van der Waals surface area contributed by atoms with Crippen molar-refractivity contribution < 1.29 is 9.59 Å². The van der Waals surface area contributed by atoms with Gasteiger partial charge in [0.15, 0.2) is 0 Å². The monoisotopic (exact) mass is 328 g/mol. The van der Waals surface area contributed by atoms with E-state index in [9.17, 15) is 9.59 Å². The second-order valence-corrected chi connectivity index (χ2v) is 5.98. The van der Waals surface area contributed by atoms with Gasteiger partial charge in [-0.1, -0.05) is 0 Å². The van der Waals surface area contributed by atoms with Gasteiger partial charge in [-0.25, -0.2) is 4.79 Å². The number of carbonyl (C=O) groups is 2. The van der Waals surface area contributed by atoms with Gasteiger partial charge in [-0.15, -0.1) is 0 Å². The van der Waals surface area contributed by atoms with Crippen LogP contribution in [0.3, 0.4) is 0 Å². The maximum Gasteiger partial charge on any atom is 0.321 e. The second-order valence-electron chi connectivity index (χ2n) is 5.98. The van der Waals surface area contributed by atoms with Crippen LogP contribution in [0.15, 0.2) is 18.2 Å². The SMILES string of the molecule is CCN(C[C@@H](C)C#N)C(=O)Nc1ccc2c(c1)CCC(=O)N2CC. The van der Waals surface area contributed by atoms with E-state index in [1.165, 1.54) is 0 Å². The standard InChI is InChI=1S/C18H24N4O2/c1-4-21(12-13(3)11-19)18(24)20-15-7-8-16-14(10-15)6-9-17(23)22(16)5-2/h7-8,10,13H,4-6,9,12H2,1-3H3,(H,20,24)/t13-/m0/s1. The molecule has 0 aliphatic carbocycles. The smallest absolute Gasteiger partial charge is 0.321 e. The van der Waals surface area contributed by atoms with E-state index < -0.39 is 0 Å². The Kier molecular flexibility index (Phi) is 5.80. The number of fused-ring (bicyclic) bond motifs is 1. The summed E-state index contributed by atoms with van der Waals surface area (Å²) in [5.74, 6) is -0.0622. The maximum atomic E-state index is 12.4. The summed E-state index contributed by atoms with van der Waals surface area (Å²) in [6.07, 6.45) is 1.19. The number of hydrogen-bond acceptors (Lipinski definition) is 3. The fourth-order valence-corrected chi connectivity index (χ4v) is 2.91. The van der Waals surface area contributed by atoms with Crippen LogP contribution in [0.1, 0.15) is 32.8 Å². The van der Waals surface area contributed by atoms with Gasteiger partial charge in [0.25, 0.3) is 0 Å². The number of urea groups is 1. The molecule has 0 spiro atoms. The van der Waals surface area contributed by atoms with Crippen LogP contribution in [0.2, 0.25) is 0 Å². The van der Waals surface area contributed by atoms with Gasteiger partial charge in [0.05, 0.1) is 12.0 Å².